The van der Waals surface area contributed by atoms with E-state index in [1.807, 2.05) is 26.0 Å². The lowest BCUT2D eigenvalue weighted by molar-refractivity contribution is -0.116. The second kappa shape index (κ2) is 16.6. The fourth-order valence-electron chi connectivity index (χ4n) is 4.57. The van der Waals surface area contributed by atoms with Gasteiger partial charge in [0.05, 0.1) is 26.6 Å². The van der Waals surface area contributed by atoms with Crippen LogP contribution in [0.3, 0.4) is 0 Å². The quantitative estimate of drug-likeness (QED) is 0.0989. The molecule has 1 unspecified atom stereocenters. The number of halogens is 1. The van der Waals surface area contributed by atoms with E-state index in [2.05, 4.69) is 16.0 Å². The molecule has 0 radical (unpaired) electrons. The van der Waals surface area contributed by atoms with Gasteiger partial charge in [-0.25, -0.2) is 0 Å². The molecule has 0 saturated heterocycles. The Labute approximate surface area is 283 Å². The number of aryl methyl sites for hydroxylation is 1. The molecule has 4 aromatic rings. The van der Waals surface area contributed by atoms with Crippen molar-refractivity contribution in [3.8, 4) is 17.2 Å². The van der Waals surface area contributed by atoms with E-state index in [1.165, 1.54) is 39.2 Å². The number of amides is 3. The van der Waals surface area contributed by atoms with E-state index in [4.69, 9.17) is 25.8 Å². The number of nitrogens with one attached hydrogen (secondary N) is 3. The number of rotatable bonds is 13. The molecule has 0 spiro atoms. The van der Waals surface area contributed by atoms with E-state index in [1.54, 1.807) is 72.8 Å². The van der Waals surface area contributed by atoms with Crippen molar-refractivity contribution < 1.29 is 28.6 Å². The number of carbonyl (C=O) groups is 3. The van der Waals surface area contributed by atoms with Crippen molar-refractivity contribution in [2.75, 3.05) is 32.0 Å². The van der Waals surface area contributed by atoms with Gasteiger partial charge in [0, 0.05) is 26.9 Å². The summed E-state index contributed by atoms with van der Waals surface area (Å²) in [5.41, 5.74) is 2.92. The smallest absolute Gasteiger partial charge is 0.272 e. The third kappa shape index (κ3) is 9.31. The normalized spacial score (nSPS) is 11.7. The first-order valence-electron chi connectivity index (χ1n) is 14.7. The van der Waals surface area contributed by atoms with E-state index in [9.17, 15) is 14.4 Å². The summed E-state index contributed by atoms with van der Waals surface area (Å²) >= 11 is 7.51. The standard InChI is InChI=1S/C36H36ClN3O6S/c1-6-32(36(43)39-28-20-25(37)16-15-22(28)2)47-27-14-10-13-26(21-27)38-35(42)29(40-34(41)24-11-8-7-9-12-24)17-23-18-30(44-3)33(46-5)31(19-23)45-4/h7-21,32H,6H2,1-5H3,(H,38,42)(H,39,43)(H,40,41)/b29-17+. The van der Waals surface area contributed by atoms with E-state index in [0.29, 0.717) is 51.2 Å². The van der Waals surface area contributed by atoms with Crippen molar-refractivity contribution in [3.05, 3.63) is 112 Å². The average Bonchev–Trinajstić information content (AvgIpc) is 3.08. The minimum atomic E-state index is -0.564. The van der Waals surface area contributed by atoms with Crippen LogP contribution >= 0.6 is 23.4 Å². The van der Waals surface area contributed by atoms with Gasteiger partial charge < -0.3 is 30.2 Å². The lowest BCUT2D eigenvalue weighted by Gasteiger charge is -2.17. The van der Waals surface area contributed by atoms with Gasteiger partial charge in [0.2, 0.25) is 11.7 Å². The lowest BCUT2D eigenvalue weighted by atomic mass is 10.1. The van der Waals surface area contributed by atoms with Gasteiger partial charge in [0.25, 0.3) is 11.8 Å². The number of anilines is 2. The Bertz CT molecular complexity index is 1760. The largest absolute Gasteiger partial charge is 0.493 e. The van der Waals surface area contributed by atoms with Crippen LogP contribution in [-0.4, -0.2) is 44.3 Å². The molecule has 3 amide bonds. The number of methoxy groups -OCH3 is 3. The maximum atomic E-state index is 13.7. The van der Waals surface area contributed by atoms with Crippen LogP contribution in [0.25, 0.3) is 6.08 Å². The monoisotopic (exact) mass is 673 g/mol. The fourth-order valence-corrected chi connectivity index (χ4v) is 5.75. The molecule has 11 heteroatoms. The molecule has 4 rings (SSSR count). The van der Waals surface area contributed by atoms with Gasteiger partial charge in [-0.05, 0) is 85.1 Å². The molecular formula is C36H36ClN3O6S. The second-order valence-electron chi connectivity index (χ2n) is 10.3. The second-order valence-corrected chi connectivity index (χ2v) is 12.0. The summed E-state index contributed by atoms with van der Waals surface area (Å²) in [6, 6.07) is 24.4. The molecule has 9 nitrogen and oxygen atoms in total. The summed E-state index contributed by atoms with van der Waals surface area (Å²) in [7, 11) is 4.48. The van der Waals surface area contributed by atoms with Gasteiger partial charge in [-0.15, -0.1) is 11.8 Å². The Morgan fingerprint density at radius 3 is 2.19 bits per heavy atom. The first-order valence-corrected chi connectivity index (χ1v) is 15.9. The number of hydrogen-bond acceptors (Lipinski definition) is 7. The highest BCUT2D eigenvalue weighted by molar-refractivity contribution is 8.00. The number of carbonyl (C=O) groups excluding carboxylic acids is 3. The van der Waals surface area contributed by atoms with Crippen molar-refractivity contribution in [1.82, 2.24) is 5.32 Å². The molecular weight excluding hydrogens is 638 g/mol. The first-order chi connectivity index (χ1) is 22.6. The van der Waals surface area contributed by atoms with Gasteiger partial charge in [-0.2, -0.15) is 0 Å². The molecule has 3 N–H and O–H groups in total. The molecule has 0 bridgehead atoms. The molecule has 0 fully saturated rings. The fraction of sp³-hybridized carbons (Fsp3) is 0.194. The predicted octanol–water partition coefficient (Wildman–Crippen LogP) is 7.59. The van der Waals surface area contributed by atoms with Crippen LogP contribution in [-0.2, 0) is 9.59 Å². The zero-order chi connectivity index (χ0) is 33.9. The maximum Gasteiger partial charge on any atom is 0.272 e. The molecule has 244 valence electrons. The SMILES string of the molecule is CCC(Sc1cccc(NC(=O)/C(=C\c2cc(OC)c(OC)c(OC)c2)NC(=O)c2ccccc2)c1)C(=O)Nc1cc(Cl)ccc1C. The van der Waals surface area contributed by atoms with Gasteiger partial charge in [-0.1, -0.05) is 48.9 Å². The first kappa shape index (κ1) is 34.9. The van der Waals surface area contributed by atoms with E-state index in [-0.39, 0.29) is 11.6 Å². The Kier molecular flexibility index (Phi) is 12.3. The highest BCUT2D eigenvalue weighted by Gasteiger charge is 2.21. The lowest BCUT2D eigenvalue weighted by Crippen LogP contribution is -2.30. The molecule has 0 aliphatic carbocycles. The number of hydrogen-bond donors (Lipinski definition) is 3. The predicted molar refractivity (Wildman–Crippen MR) is 188 cm³/mol. The summed E-state index contributed by atoms with van der Waals surface area (Å²) in [4.78, 5) is 40.8. The minimum Gasteiger partial charge on any atom is -0.493 e. The zero-order valence-electron chi connectivity index (χ0n) is 26.7. The van der Waals surface area contributed by atoms with Crippen molar-refractivity contribution >= 4 is 58.5 Å². The Balaban J connectivity index is 1.59. The molecule has 0 aliphatic heterocycles. The summed E-state index contributed by atoms with van der Waals surface area (Å²) in [5, 5.41) is 8.72. The number of benzene rings is 4. The summed E-state index contributed by atoms with van der Waals surface area (Å²) < 4.78 is 16.3. The van der Waals surface area contributed by atoms with Gasteiger partial charge in [-0.3, -0.25) is 14.4 Å². The van der Waals surface area contributed by atoms with E-state index < -0.39 is 17.1 Å². The highest BCUT2D eigenvalue weighted by Crippen LogP contribution is 2.39. The van der Waals surface area contributed by atoms with Gasteiger partial charge in [0.1, 0.15) is 5.70 Å². The molecule has 0 aromatic heterocycles. The molecule has 47 heavy (non-hydrogen) atoms. The van der Waals surface area contributed by atoms with Crippen molar-refractivity contribution in [2.45, 2.75) is 30.4 Å². The third-order valence-electron chi connectivity index (χ3n) is 7.02. The van der Waals surface area contributed by atoms with Gasteiger partial charge in [0.15, 0.2) is 11.5 Å². The Morgan fingerprint density at radius 2 is 1.55 bits per heavy atom. The van der Waals surface area contributed by atoms with E-state index >= 15 is 0 Å². The Morgan fingerprint density at radius 1 is 0.851 bits per heavy atom. The van der Waals surface area contributed by atoms with Crippen LogP contribution in [0.15, 0.2) is 95.5 Å². The van der Waals surface area contributed by atoms with Crippen LogP contribution in [0, 0.1) is 6.92 Å². The number of ether oxygens (including phenoxy) is 3. The van der Waals surface area contributed by atoms with Crippen LogP contribution < -0.4 is 30.2 Å². The van der Waals surface area contributed by atoms with Crippen LogP contribution in [0.5, 0.6) is 17.2 Å². The molecule has 0 aliphatic rings. The van der Waals surface area contributed by atoms with Gasteiger partial charge >= 0.3 is 0 Å². The third-order valence-corrected chi connectivity index (χ3v) is 8.61. The summed E-state index contributed by atoms with van der Waals surface area (Å²) in [5.74, 6) is -0.0186. The summed E-state index contributed by atoms with van der Waals surface area (Å²) in [6.45, 7) is 3.84. The maximum absolute atomic E-state index is 13.7. The van der Waals surface area contributed by atoms with Crippen molar-refractivity contribution in [3.63, 3.8) is 0 Å². The van der Waals surface area contributed by atoms with E-state index in [0.717, 1.165) is 10.5 Å². The molecule has 1 atom stereocenters. The van der Waals surface area contributed by atoms with Crippen molar-refractivity contribution in [2.24, 2.45) is 0 Å². The molecule has 0 saturated carbocycles. The minimum absolute atomic E-state index is 0.0195. The van der Waals surface area contributed by atoms with Crippen LogP contribution in [0.1, 0.15) is 34.8 Å². The number of thioether (sulfide) groups is 1. The topological polar surface area (TPSA) is 115 Å². The summed E-state index contributed by atoms with van der Waals surface area (Å²) in [6.07, 6.45) is 2.09. The zero-order valence-corrected chi connectivity index (χ0v) is 28.3. The van der Waals surface area contributed by atoms with Crippen LogP contribution in [0.2, 0.25) is 5.02 Å². The molecule has 0 heterocycles. The highest BCUT2D eigenvalue weighted by atomic mass is 35.5. The van der Waals surface area contributed by atoms with Crippen molar-refractivity contribution in [1.29, 1.82) is 0 Å². The Hall–Kier alpha value is -4.93. The molecule has 4 aromatic carbocycles. The van der Waals surface area contributed by atoms with Crippen LogP contribution in [0.4, 0.5) is 11.4 Å². The average molecular weight is 674 g/mol.